The summed E-state index contributed by atoms with van der Waals surface area (Å²) in [6.45, 7) is 4.23. The smallest absolute Gasteiger partial charge is 0.251 e. The Labute approximate surface area is 197 Å². The molecule has 4 aromatic rings. The van der Waals surface area contributed by atoms with Crippen molar-refractivity contribution in [3.63, 3.8) is 0 Å². The van der Waals surface area contributed by atoms with Gasteiger partial charge in [0.2, 0.25) is 10.0 Å². The predicted molar refractivity (Wildman–Crippen MR) is 131 cm³/mol. The fourth-order valence-electron chi connectivity index (χ4n) is 3.81. The normalized spacial score (nSPS) is 11.5. The molecule has 0 saturated heterocycles. The van der Waals surface area contributed by atoms with E-state index in [1.165, 1.54) is 18.2 Å². The summed E-state index contributed by atoms with van der Waals surface area (Å²) >= 11 is 0. The van der Waals surface area contributed by atoms with E-state index in [1.807, 2.05) is 26.0 Å². The zero-order chi connectivity index (χ0) is 24.5. The molecule has 1 heterocycles. The number of aryl methyl sites for hydroxylation is 2. The molecule has 0 fully saturated rings. The second kappa shape index (κ2) is 9.24. The molecule has 1 amide bonds. The van der Waals surface area contributed by atoms with Gasteiger partial charge in [0.15, 0.2) is 5.43 Å². The Bertz CT molecular complexity index is 1540. The summed E-state index contributed by atoms with van der Waals surface area (Å²) in [5, 5.41) is 8.49. The minimum Gasteiger partial charge on any atom is -0.456 e. The molecule has 0 unspecified atom stereocenters. The van der Waals surface area contributed by atoms with Crippen molar-refractivity contribution >= 4 is 26.9 Å². The number of sulfonamides is 1. The number of amides is 1. The molecule has 0 spiro atoms. The number of carbonyl (C=O) groups is 1. The molecule has 1 aromatic heterocycles. The van der Waals surface area contributed by atoms with Crippen LogP contribution in [0, 0.1) is 13.8 Å². The Morgan fingerprint density at radius 3 is 2.29 bits per heavy atom. The first-order chi connectivity index (χ1) is 16.1. The van der Waals surface area contributed by atoms with Crippen LogP contribution in [0.4, 0.5) is 0 Å². The number of hydrogen-bond acceptors (Lipinski definition) is 5. The van der Waals surface area contributed by atoms with Gasteiger partial charge in [0.25, 0.3) is 5.91 Å². The van der Waals surface area contributed by atoms with Crippen LogP contribution in [0.15, 0.2) is 80.8 Å². The molecule has 174 valence electrons. The molecular formula is C26H24N2O5S. The van der Waals surface area contributed by atoms with Gasteiger partial charge in [-0.1, -0.05) is 30.3 Å². The van der Waals surface area contributed by atoms with E-state index in [0.717, 1.165) is 16.7 Å². The Morgan fingerprint density at radius 2 is 1.65 bits per heavy atom. The van der Waals surface area contributed by atoms with Gasteiger partial charge in [0, 0.05) is 23.7 Å². The molecule has 0 aliphatic carbocycles. The van der Waals surface area contributed by atoms with Crippen LogP contribution in [0.25, 0.3) is 22.3 Å². The topological polar surface area (TPSA) is 119 Å². The second-order valence-electron chi connectivity index (χ2n) is 8.21. The fraction of sp³-hybridized carbons (Fsp3) is 0.154. The van der Waals surface area contributed by atoms with E-state index in [0.29, 0.717) is 40.8 Å². The zero-order valence-electron chi connectivity index (χ0n) is 18.8. The minimum atomic E-state index is -3.72. The van der Waals surface area contributed by atoms with E-state index in [2.05, 4.69) is 5.32 Å². The lowest BCUT2D eigenvalue weighted by molar-refractivity contribution is 0.0954. The van der Waals surface area contributed by atoms with Gasteiger partial charge in [-0.25, -0.2) is 13.6 Å². The van der Waals surface area contributed by atoms with Crippen LogP contribution in [0.3, 0.4) is 0 Å². The highest BCUT2D eigenvalue weighted by Crippen LogP contribution is 2.25. The molecule has 0 aliphatic heterocycles. The quantitative estimate of drug-likeness (QED) is 0.440. The van der Waals surface area contributed by atoms with Crippen molar-refractivity contribution in [2.24, 2.45) is 5.14 Å². The van der Waals surface area contributed by atoms with Gasteiger partial charge in [-0.05, 0) is 67.3 Å². The lowest BCUT2D eigenvalue weighted by Gasteiger charge is -2.08. The SMILES string of the molecule is Cc1cc(C)c2oc(-c3ccc(C(=O)NCCc4ccc(S(N)(=O)=O)cc4)cc3)cc(=O)c2c1. The van der Waals surface area contributed by atoms with E-state index >= 15 is 0 Å². The molecule has 8 heteroatoms. The summed E-state index contributed by atoms with van der Waals surface area (Å²) in [6, 6.07) is 18.3. The van der Waals surface area contributed by atoms with Gasteiger partial charge >= 0.3 is 0 Å². The van der Waals surface area contributed by atoms with Gasteiger partial charge in [0.1, 0.15) is 11.3 Å². The number of nitrogens with two attached hydrogens (primary N) is 1. The summed E-state index contributed by atoms with van der Waals surface area (Å²) in [4.78, 5) is 25.1. The molecule has 0 aliphatic rings. The van der Waals surface area contributed by atoms with E-state index in [-0.39, 0.29) is 16.2 Å². The third-order valence-electron chi connectivity index (χ3n) is 5.54. The lowest BCUT2D eigenvalue weighted by atomic mass is 10.1. The Kier molecular flexibility index (Phi) is 6.37. The zero-order valence-corrected chi connectivity index (χ0v) is 19.6. The maximum atomic E-state index is 12.6. The average molecular weight is 477 g/mol. The molecule has 0 atom stereocenters. The number of carbonyl (C=O) groups excluding carboxylic acids is 1. The monoisotopic (exact) mass is 476 g/mol. The van der Waals surface area contributed by atoms with Gasteiger partial charge in [-0.15, -0.1) is 0 Å². The summed E-state index contributed by atoms with van der Waals surface area (Å²) in [5.41, 5.74) is 4.40. The standard InChI is InChI=1S/C26H24N2O5S/c1-16-13-17(2)25-22(14-16)23(29)15-24(33-25)19-5-7-20(8-6-19)26(30)28-12-11-18-3-9-21(10-4-18)34(27,31)32/h3-10,13-15H,11-12H2,1-2H3,(H,28,30)(H2,27,31,32). The van der Waals surface area contributed by atoms with E-state index in [4.69, 9.17) is 9.56 Å². The molecule has 3 aromatic carbocycles. The first-order valence-corrected chi connectivity index (χ1v) is 12.2. The molecule has 7 nitrogen and oxygen atoms in total. The summed E-state index contributed by atoms with van der Waals surface area (Å²) in [5.74, 6) is 0.207. The molecule has 3 N–H and O–H groups in total. The van der Waals surface area contributed by atoms with Crippen LogP contribution < -0.4 is 15.9 Å². The van der Waals surface area contributed by atoms with E-state index in [9.17, 15) is 18.0 Å². The molecule has 0 radical (unpaired) electrons. The molecule has 0 bridgehead atoms. The molecule has 34 heavy (non-hydrogen) atoms. The van der Waals surface area contributed by atoms with Crippen LogP contribution in [-0.4, -0.2) is 20.9 Å². The second-order valence-corrected chi connectivity index (χ2v) is 9.77. The number of hydrogen-bond donors (Lipinski definition) is 2. The van der Waals surface area contributed by atoms with Crippen molar-refractivity contribution < 1.29 is 17.6 Å². The maximum absolute atomic E-state index is 12.6. The van der Waals surface area contributed by atoms with Gasteiger partial charge in [0.05, 0.1) is 10.3 Å². The molecular weight excluding hydrogens is 452 g/mol. The van der Waals surface area contributed by atoms with Crippen LogP contribution >= 0.6 is 0 Å². The number of benzene rings is 3. The van der Waals surface area contributed by atoms with Gasteiger partial charge in [-0.3, -0.25) is 9.59 Å². The molecule has 4 rings (SSSR count). The first kappa shape index (κ1) is 23.4. The highest BCUT2D eigenvalue weighted by atomic mass is 32.2. The third-order valence-corrected chi connectivity index (χ3v) is 6.47. The predicted octanol–water partition coefficient (Wildman–Crippen LogP) is 3.70. The summed E-state index contributed by atoms with van der Waals surface area (Å²) in [6.07, 6.45) is 0.537. The van der Waals surface area contributed by atoms with Crippen molar-refractivity contribution in [3.05, 3.63) is 99.2 Å². The number of fused-ring (bicyclic) bond motifs is 1. The van der Waals surface area contributed by atoms with Crippen molar-refractivity contribution in [1.82, 2.24) is 5.32 Å². The number of primary sulfonamides is 1. The Morgan fingerprint density at radius 1 is 0.971 bits per heavy atom. The average Bonchev–Trinajstić information content (AvgIpc) is 2.79. The number of rotatable bonds is 6. The van der Waals surface area contributed by atoms with Crippen molar-refractivity contribution in [1.29, 1.82) is 0 Å². The van der Waals surface area contributed by atoms with Gasteiger partial charge < -0.3 is 9.73 Å². The highest BCUT2D eigenvalue weighted by Gasteiger charge is 2.12. The fourth-order valence-corrected chi connectivity index (χ4v) is 4.32. The van der Waals surface area contributed by atoms with Crippen LogP contribution in [0.2, 0.25) is 0 Å². The van der Waals surface area contributed by atoms with E-state index in [1.54, 1.807) is 36.4 Å². The summed E-state index contributed by atoms with van der Waals surface area (Å²) < 4.78 is 28.7. The van der Waals surface area contributed by atoms with Crippen molar-refractivity contribution in [3.8, 4) is 11.3 Å². The van der Waals surface area contributed by atoms with Crippen LogP contribution in [0.1, 0.15) is 27.0 Å². The molecule has 0 saturated carbocycles. The Hall–Kier alpha value is -3.75. The number of nitrogens with one attached hydrogen (secondary N) is 1. The lowest BCUT2D eigenvalue weighted by Crippen LogP contribution is -2.25. The van der Waals surface area contributed by atoms with Crippen LogP contribution in [0.5, 0.6) is 0 Å². The van der Waals surface area contributed by atoms with Crippen molar-refractivity contribution in [2.45, 2.75) is 25.2 Å². The largest absolute Gasteiger partial charge is 0.456 e. The summed E-state index contributed by atoms with van der Waals surface area (Å²) in [7, 11) is -3.72. The van der Waals surface area contributed by atoms with Crippen LogP contribution in [-0.2, 0) is 16.4 Å². The first-order valence-electron chi connectivity index (χ1n) is 10.7. The highest BCUT2D eigenvalue weighted by molar-refractivity contribution is 7.89. The third kappa shape index (κ3) is 5.08. The minimum absolute atomic E-state index is 0.0490. The van der Waals surface area contributed by atoms with Gasteiger partial charge in [-0.2, -0.15) is 0 Å². The maximum Gasteiger partial charge on any atom is 0.251 e. The Balaban J connectivity index is 1.43. The van der Waals surface area contributed by atoms with Crippen molar-refractivity contribution in [2.75, 3.05) is 6.54 Å². The van der Waals surface area contributed by atoms with E-state index < -0.39 is 10.0 Å².